The van der Waals surface area contributed by atoms with Gasteiger partial charge in [0, 0.05) is 28.2 Å². The number of fused-ring (bicyclic) bond motifs is 3. The molecule has 1 amide bonds. The number of amides is 1. The second-order valence-corrected chi connectivity index (χ2v) is 8.10. The fourth-order valence-corrected chi connectivity index (χ4v) is 4.41. The number of carboxylic acids is 1. The smallest absolute Gasteiger partial charge is 0.414 e. The number of hydrogen-bond acceptors (Lipinski definition) is 3. The molecule has 0 unspecified atom stereocenters. The predicted molar refractivity (Wildman–Crippen MR) is 121 cm³/mol. The SMILES string of the molecule is O=C(O)CCN(C(=O)OCC1c2ccccc2-c2ccccc21)c1cc(Cl)cc(Cl)c1. The van der Waals surface area contributed by atoms with Crippen LogP contribution < -0.4 is 4.90 Å². The average Bonchev–Trinajstić information content (AvgIpc) is 3.05. The first-order chi connectivity index (χ1) is 14.9. The Balaban J connectivity index is 1.57. The number of nitrogens with zero attached hydrogens (tertiary/aromatic N) is 1. The van der Waals surface area contributed by atoms with Crippen molar-refractivity contribution in [3.8, 4) is 11.1 Å². The number of benzene rings is 3. The van der Waals surface area contributed by atoms with E-state index in [2.05, 4.69) is 12.1 Å². The van der Waals surface area contributed by atoms with E-state index in [0.717, 1.165) is 22.3 Å². The van der Waals surface area contributed by atoms with Crippen LogP contribution in [0.4, 0.5) is 10.5 Å². The summed E-state index contributed by atoms with van der Waals surface area (Å²) in [5.41, 5.74) is 4.83. The summed E-state index contributed by atoms with van der Waals surface area (Å²) in [4.78, 5) is 25.3. The molecule has 0 saturated heterocycles. The molecular weight excluding hydrogens is 437 g/mol. The van der Waals surface area contributed by atoms with Crippen LogP contribution in [-0.4, -0.2) is 30.3 Å². The minimum atomic E-state index is -1.02. The molecule has 3 aromatic rings. The summed E-state index contributed by atoms with van der Waals surface area (Å²) < 4.78 is 5.68. The summed E-state index contributed by atoms with van der Waals surface area (Å²) in [5, 5.41) is 9.77. The minimum absolute atomic E-state index is 0.0668. The highest BCUT2D eigenvalue weighted by molar-refractivity contribution is 6.35. The average molecular weight is 456 g/mol. The largest absolute Gasteiger partial charge is 0.481 e. The first-order valence-corrected chi connectivity index (χ1v) is 10.5. The maximum Gasteiger partial charge on any atom is 0.414 e. The van der Waals surface area contributed by atoms with Crippen LogP contribution in [0.15, 0.2) is 66.7 Å². The highest BCUT2D eigenvalue weighted by Crippen LogP contribution is 2.44. The van der Waals surface area contributed by atoms with Crippen molar-refractivity contribution in [2.75, 3.05) is 18.1 Å². The summed E-state index contributed by atoms with van der Waals surface area (Å²) in [7, 11) is 0. The Morgan fingerprint density at radius 2 is 1.45 bits per heavy atom. The van der Waals surface area contributed by atoms with Crippen molar-refractivity contribution in [3.05, 3.63) is 87.9 Å². The molecule has 0 bridgehead atoms. The monoisotopic (exact) mass is 455 g/mol. The lowest BCUT2D eigenvalue weighted by molar-refractivity contribution is -0.136. The second-order valence-electron chi connectivity index (χ2n) is 7.23. The highest BCUT2D eigenvalue weighted by Gasteiger charge is 2.30. The summed E-state index contributed by atoms with van der Waals surface area (Å²) in [5.74, 6) is -1.12. The van der Waals surface area contributed by atoms with E-state index in [9.17, 15) is 9.59 Å². The van der Waals surface area contributed by atoms with E-state index >= 15 is 0 Å². The van der Waals surface area contributed by atoms with Crippen LogP contribution in [0.2, 0.25) is 10.0 Å². The lowest BCUT2D eigenvalue weighted by atomic mass is 9.98. The Labute approximate surface area is 189 Å². The first kappa shape index (κ1) is 21.2. The molecule has 31 heavy (non-hydrogen) atoms. The van der Waals surface area contributed by atoms with Gasteiger partial charge in [-0.25, -0.2) is 4.79 Å². The molecule has 0 radical (unpaired) electrons. The van der Waals surface area contributed by atoms with Gasteiger partial charge in [-0.05, 0) is 40.5 Å². The van der Waals surface area contributed by atoms with Crippen molar-refractivity contribution in [2.24, 2.45) is 0 Å². The fraction of sp³-hybridized carbons (Fsp3) is 0.167. The Hall–Kier alpha value is -3.02. The molecule has 0 aromatic heterocycles. The molecule has 0 saturated carbocycles. The molecule has 0 fully saturated rings. The zero-order chi connectivity index (χ0) is 22.0. The van der Waals surface area contributed by atoms with E-state index in [1.807, 2.05) is 36.4 Å². The molecule has 0 spiro atoms. The van der Waals surface area contributed by atoms with E-state index in [0.29, 0.717) is 15.7 Å². The van der Waals surface area contributed by atoms with E-state index < -0.39 is 12.1 Å². The third-order valence-electron chi connectivity index (χ3n) is 5.26. The van der Waals surface area contributed by atoms with E-state index in [1.165, 1.54) is 4.90 Å². The number of hydrogen-bond donors (Lipinski definition) is 1. The number of aliphatic carboxylic acids is 1. The number of anilines is 1. The second kappa shape index (κ2) is 9.00. The van der Waals surface area contributed by atoms with Crippen molar-refractivity contribution in [1.82, 2.24) is 0 Å². The molecule has 0 atom stereocenters. The number of rotatable bonds is 6. The summed E-state index contributed by atoms with van der Waals surface area (Å²) >= 11 is 12.2. The van der Waals surface area contributed by atoms with Crippen LogP contribution >= 0.6 is 23.2 Å². The van der Waals surface area contributed by atoms with Crippen LogP contribution in [0.1, 0.15) is 23.5 Å². The Morgan fingerprint density at radius 3 is 2.00 bits per heavy atom. The number of carbonyl (C=O) groups is 2. The maximum absolute atomic E-state index is 13.0. The van der Waals surface area contributed by atoms with E-state index in [1.54, 1.807) is 18.2 Å². The molecular formula is C24H19Cl2NO4. The van der Waals surface area contributed by atoms with Gasteiger partial charge in [0.25, 0.3) is 0 Å². The molecule has 4 rings (SSSR count). The van der Waals surface area contributed by atoms with Crippen LogP contribution in [0, 0.1) is 0 Å². The highest BCUT2D eigenvalue weighted by atomic mass is 35.5. The van der Waals surface area contributed by atoms with Gasteiger partial charge in [0.05, 0.1) is 6.42 Å². The molecule has 0 heterocycles. The summed E-state index contributed by atoms with van der Waals surface area (Å²) in [6, 6.07) is 20.7. The molecule has 3 aromatic carbocycles. The number of carboxylic acid groups (broad SMARTS) is 1. The molecule has 5 nitrogen and oxygen atoms in total. The van der Waals surface area contributed by atoms with Crippen LogP contribution in [0.5, 0.6) is 0 Å². The predicted octanol–water partition coefficient (Wildman–Crippen LogP) is 6.22. The lowest BCUT2D eigenvalue weighted by Crippen LogP contribution is -2.34. The van der Waals surface area contributed by atoms with E-state index in [4.69, 9.17) is 33.0 Å². The molecule has 1 aliphatic rings. The van der Waals surface area contributed by atoms with Gasteiger partial charge in [0.15, 0.2) is 0 Å². The van der Waals surface area contributed by atoms with Gasteiger partial charge in [0.2, 0.25) is 0 Å². The first-order valence-electron chi connectivity index (χ1n) is 9.74. The van der Waals surface area contributed by atoms with E-state index in [-0.39, 0.29) is 25.5 Å². The zero-order valence-corrected chi connectivity index (χ0v) is 17.9. The summed E-state index contributed by atoms with van der Waals surface area (Å²) in [6.07, 6.45) is -0.893. The van der Waals surface area contributed by atoms with Gasteiger partial charge in [-0.1, -0.05) is 71.7 Å². The number of carbonyl (C=O) groups excluding carboxylic acids is 1. The molecule has 7 heteroatoms. The van der Waals surface area contributed by atoms with Gasteiger partial charge < -0.3 is 9.84 Å². The summed E-state index contributed by atoms with van der Waals surface area (Å²) in [6.45, 7) is 0.0629. The van der Waals surface area contributed by atoms with Crippen molar-refractivity contribution in [3.63, 3.8) is 0 Å². The van der Waals surface area contributed by atoms with Crippen LogP contribution in [0.25, 0.3) is 11.1 Å². The van der Waals surface area contributed by atoms with Crippen molar-refractivity contribution >= 4 is 41.0 Å². The maximum atomic E-state index is 13.0. The van der Waals surface area contributed by atoms with Crippen molar-refractivity contribution < 1.29 is 19.4 Å². The van der Waals surface area contributed by atoms with Gasteiger partial charge in [-0.15, -0.1) is 0 Å². The Morgan fingerprint density at radius 1 is 0.903 bits per heavy atom. The normalized spacial score (nSPS) is 12.2. The Kier molecular flexibility index (Phi) is 6.16. The lowest BCUT2D eigenvalue weighted by Gasteiger charge is -2.23. The number of ether oxygens (including phenoxy) is 1. The third kappa shape index (κ3) is 4.53. The molecule has 158 valence electrons. The molecule has 1 N–H and O–H groups in total. The third-order valence-corrected chi connectivity index (χ3v) is 5.70. The van der Waals surface area contributed by atoms with Gasteiger partial charge in [-0.2, -0.15) is 0 Å². The fourth-order valence-electron chi connectivity index (χ4n) is 3.90. The van der Waals surface area contributed by atoms with Crippen molar-refractivity contribution in [2.45, 2.75) is 12.3 Å². The molecule has 1 aliphatic carbocycles. The van der Waals surface area contributed by atoms with Gasteiger partial charge in [0.1, 0.15) is 6.61 Å². The van der Waals surface area contributed by atoms with Gasteiger partial charge in [-0.3, -0.25) is 9.69 Å². The van der Waals surface area contributed by atoms with Crippen LogP contribution in [-0.2, 0) is 9.53 Å². The number of halogens is 2. The Bertz CT molecular complexity index is 1080. The topological polar surface area (TPSA) is 66.8 Å². The van der Waals surface area contributed by atoms with Crippen LogP contribution in [0.3, 0.4) is 0 Å². The minimum Gasteiger partial charge on any atom is -0.481 e. The molecule has 0 aliphatic heterocycles. The van der Waals surface area contributed by atoms with Gasteiger partial charge >= 0.3 is 12.1 Å². The van der Waals surface area contributed by atoms with Crippen molar-refractivity contribution in [1.29, 1.82) is 0 Å². The zero-order valence-electron chi connectivity index (χ0n) is 16.4. The standard InChI is InChI=1S/C24H19Cl2NO4/c25-15-11-16(26)13-17(12-15)27(10-9-23(28)29)24(30)31-14-22-20-7-3-1-5-18(20)19-6-2-4-8-21(19)22/h1-8,11-13,22H,9-10,14H2,(H,28,29). The quantitative estimate of drug-likeness (QED) is 0.478.